The van der Waals surface area contributed by atoms with Gasteiger partial charge >= 0.3 is 0 Å². The number of benzene rings is 1. The first-order valence-electron chi connectivity index (χ1n) is 6.31. The van der Waals surface area contributed by atoms with Crippen molar-refractivity contribution in [1.29, 1.82) is 0 Å². The lowest BCUT2D eigenvalue weighted by atomic mass is 10.1. The smallest absolute Gasteiger partial charge is 0.119 e. The van der Waals surface area contributed by atoms with Crippen LogP contribution in [-0.4, -0.2) is 18.7 Å². The average Bonchev–Trinajstić information content (AvgIpc) is 2.23. The SMILES string of the molecule is Cc1cccc(OCC(C)CNC(C)(C)C)c1. The van der Waals surface area contributed by atoms with Crippen LogP contribution < -0.4 is 10.1 Å². The van der Waals surface area contributed by atoms with Crippen molar-refractivity contribution < 1.29 is 4.74 Å². The highest BCUT2D eigenvalue weighted by Gasteiger charge is 2.11. The Morgan fingerprint density at radius 3 is 2.59 bits per heavy atom. The van der Waals surface area contributed by atoms with Crippen LogP contribution in [-0.2, 0) is 0 Å². The first kappa shape index (κ1) is 14.0. The van der Waals surface area contributed by atoms with Crippen LogP contribution in [0.4, 0.5) is 0 Å². The van der Waals surface area contributed by atoms with Gasteiger partial charge in [-0.2, -0.15) is 0 Å². The zero-order valence-electron chi connectivity index (χ0n) is 11.7. The molecule has 0 spiro atoms. The minimum Gasteiger partial charge on any atom is -0.493 e. The molecule has 0 radical (unpaired) electrons. The summed E-state index contributed by atoms with van der Waals surface area (Å²) >= 11 is 0. The summed E-state index contributed by atoms with van der Waals surface area (Å²) in [6, 6.07) is 8.20. The van der Waals surface area contributed by atoms with Gasteiger partial charge in [0.2, 0.25) is 0 Å². The Morgan fingerprint density at radius 1 is 1.29 bits per heavy atom. The van der Waals surface area contributed by atoms with E-state index in [9.17, 15) is 0 Å². The monoisotopic (exact) mass is 235 g/mol. The fraction of sp³-hybridized carbons (Fsp3) is 0.600. The van der Waals surface area contributed by atoms with Crippen LogP contribution in [0, 0.1) is 12.8 Å². The van der Waals surface area contributed by atoms with Crippen molar-refractivity contribution in [2.24, 2.45) is 5.92 Å². The maximum atomic E-state index is 5.77. The predicted octanol–water partition coefficient (Wildman–Crippen LogP) is 3.40. The Hall–Kier alpha value is -1.02. The van der Waals surface area contributed by atoms with Gasteiger partial charge in [-0.1, -0.05) is 19.1 Å². The van der Waals surface area contributed by atoms with Gasteiger partial charge in [-0.15, -0.1) is 0 Å². The topological polar surface area (TPSA) is 21.3 Å². The summed E-state index contributed by atoms with van der Waals surface area (Å²) in [5.74, 6) is 1.47. The molecule has 0 aliphatic rings. The van der Waals surface area contributed by atoms with E-state index in [1.165, 1.54) is 5.56 Å². The van der Waals surface area contributed by atoms with Crippen molar-refractivity contribution in [2.75, 3.05) is 13.2 Å². The Labute approximate surface area is 105 Å². The Bertz CT molecular complexity index is 341. The second-order valence-electron chi connectivity index (χ2n) is 5.86. The first-order valence-corrected chi connectivity index (χ1v) is 6.31. The highest BCUT2D eigenvalue weighted by Crippen LogP contribution is 2.13. The number of nitrogens with one attached hydrogen (secondary N) is 1. The van der Waals surface area contributed by atoms with Crippen LogP contribution in [0.5, 0.6) is 5.75 Å². The van der Waals surface area contributed by atoms with Gasteiger partial charge in [0.1, 0.15) is 5.75 Å². The second kappa shape index (κ2) is 6.06. The molecule has 1 aromatic carbocycles. The van der Waals surface area contributed by atoms with Gasteiger partial charge < -0.3 is 10.1 Å². The van der Waals surface area contributed by atoms with Crippen LogP contribution in [0.15, 0.2) is 24.3 Å². The molecule has 2 nitrogen and oxygen atoms in total. The highest BCUT2D eigenvalue weighted by molar-refractivity contribution is 5.27. The van der Waals surface area contributed by atoms with E-state index < -0.39 is 0 Å². The minimum atomic E-state index is 0.178. The molecule has 1 unspecified atom stereocenters. The quantitative estimate of drug-likeness (QED) is 0.844. The fourth-order valence-electron chi connectivity index (χ4n) is 1.48. The van der Waals surface area contributed by atoms with E-state index in [1.807, 2.05) is 12.1 Å². The fourth-order valence-corrected chi connectivity index (χ4v) is 1.48. The molecular formula is C15H25NO. The van der Waals surface area contributed by atoms with Crippen molar-refractivity contribution in [2.45, 2.75) is 40.2 Å². The van der Waals surface area contributed by atoms with E-state index in [2.05, 4.69) is 52.1 Å². The lowest BCUT2D eigenvalue weighted by molar-refractivity contribution is 0.244. The number of hydrogen-bond donors (Lipinski definition) is 1. The van der Waals surface area contributed by atoms with Gasteiger partial charge in [0.05, 0.1) is 6.61 Å². The summed E-state index contributed by atoms with van der Waals surface area (Å²) in [4.78, 5) is 0. The molecule has 1 N–H and O–H groups in total. The summed E-state index contributed by atoms with van der Waals surface area (Å²) < 4.78 is 5.77. The normalized spacial score (nSPS) is 13.5. The highest BCUT2D eigenvalue weighted by atomic mass is 16.5. The van der Waals surface area contributed by atoms with Crippen LogP contribution >= 0.6 is 0 Å². The number of rotatable bonds is 5. The molecule has 0 aliphatic carbocycles. The van der Waals surface area contributed by atoms with Crippen LogP contribution in [0.2, 0.25) is 0 Å². The lowest BCUT2D eigenvalue weighted by Crippen LogP contribution is -2.39. The Balaban J connectivity index is 2.31. The third kappa shape index (κ3) is 6.32. The zero-order chi connectivity index (χ0) is 12.9. The molecule has 0 bridgehead atoms. The number of hydrogen-bond acceptors (Lipinski definition) is 2. The summed E-state index contributed by atoms with van der Waals surface area (Å²) in [6.07, 6.45) is 0. The maximum Gasteiger partial charge on any atom is 0.119 e. The van der Waals surface area contributed by atoms with Gasteiger partial charge in [0, 0.05) is 18.0 Å². The van der Waals surface area contributed by atoms with E-state index >= 15 is 0 Å². The molecule has 96 valence electrons. The van der Waals surface area contributed by atoms with Crippen molar-refractivity contribution >= 4 is 0 Å². The molecular weight excluding hydrogens is 210 g/mol. The third-order valence-corrected chi connectivity index (χ3v) is 2.50. The van der Waals surface area contributed by atoms with Crippen molar-refractivity contribution in [3.05, 3.63) is 29.8 Å². The van der Waals surface area contributed by atoms with Crippen molar-refractivity contribution in [3.8, 4) is 5.75 Å². The molecule has 1 aromatic rings. The lowest BCUT2D eigenvalue weighted by Gasteiger charge is -2.23. The maximum absolute atomic E-state index is 5.77. The predicted molar refractivity (Wildman–Crippen MR) is 73.6 cm³/mol. The molecule has 0 amide bonds. The van der Waals surface area contributed by atoms with Crippen LogP contribution in [0.1, 0.15) is 33.3 Å². The van der Waals surface area contributed by atoms with E-state index in [0.29, 0.717) is 5.92 Å². The molecule has 2 heteroatoms. The van der Waals surface area contributed by atoms with Crippen LogP contribution in [0.3, 0.4) is 0 Å². The van der Waals surface area contributed by atoms with E-state index in [4.69, 9.17) is 4.74 Å². The van der Waals surface area contributed by atoms with E-state index in [-0.39, 0.29) is 5.54 Å². The number of ether oxygens (including phenoxy) is 1. The summed E-state index contributed by atoms with van der Waals surface area (Å²) in [5, 5.41) is 3.49. The first-order chi connectivity index (χ1) is 7.87. The van der Waals surface area contributed by atoms with Gasteiger partial charge in [-0.3, -0.25) is 0 Å². The third-order valence-electron chi connectivity index (χ3n) is 2.50. The largest absolute Gasteiger partial charge is 0.493 e. The molecule has 1 atom stereocenters. The number of aryl methyl sites for hydroxylation is 1. The standard InChI is InChI=1S/C15H25NO/c1-12-7-6-8-14(9-12)17-11-13(2)10-16-15(3,4)5/h6-9,13,16H,10-11H2,1-5H3. The summed E-state index contributed by atoms with van der Waals surface area (Å²) in [7, 11) is 0. The minimum absolute atomic E-state index is 0.178. The summed E-state index contributed by atoms with van der Waals surface area (Å²) in [6.45, 7) is 12.6. The van der Waals surface area contributed by atoms with E-state index in [1.54, 1.807) is 0 Å². The zero-order valence-corrected chi connectivity index (χ0v) is 11.7. The van der Waals surface area contributed by atoms with Gasteiger partial charge in [0.25, 0.3) is 0 Å². The molecule has 0 aromatic heterocycles. The molecule has 1 rings (SSSR count). The van der Waals surface area contributed by atoms with Crippen LogP contribution in [0.25, 0.3) is 0 Å². The summed E-state index contributed by atoms with van der Waals surface area (Å²) in [5.41, 5.74) is 1.42. The second-order valence-corrected chi connectivity index (χ2v) is 5.86. The average molecular weight is 235 g/mol. The van der Waals surface area contributed by atoms with Gasteiger partial charge in [0.15, 0.2) is 0 Å². The molecule has 0 heterocycles. The van der Waals surface area contributed by atoms with Crippen molar-refractivity contribution in [1.82, 2.24) is 5.32 Å². The molecule has 0 aliphatic heterocycles. The molecule has 0 fully saturated rings. The van der Waals surface area contributed by atoms with Gasteiger partial charge in [-0.05, 0) is 45.4 Å². The molecule has 0 saturated carbocycles. The Kier molecular flexibility index (Phi) is 5.01. The molecule has 0 saturated heterocycles. The van der Waals surface area contributed by atoms with E-state index in [0.717, 1.165) is 18.9 Å². The van der Waals surface area contributed by atoms with Crippen molar-refractivity contribution in [3.63, 3.8) is 0 Å². The molecule has 17 heavy (non-hydrogen) atoms. The van der Waals surface area contributed by atoms with Gasteiger partial charge in [-0.25, -0.2) is 0 Å². The Morgan fingerprint density at radius 2 is 2.00 bits per heavy atom.